The van der Waals surface area contributed by atoms with Crippen molar-refractivity contribution in [1.29, 1.82) is 0 Å². The van der Waals surface area contributed by atoms with E-state index in [1.807, 2.05) is 12.3 Å². The van der Waals surface area contributed by atoms with Crippen molar-refractivity contribution < 1.29 is 0 Å². The van der Waals surface area contributed by atoms with Crippen LogP contribution in [-0.2, 0) is 6.42 Å². The van der Waals surface area contributed by atoms with Gasteiger partial charge in [-0.3, -0.25) is 4.98 Å². The molecule has 1 unspecified atom stereocenters. The monoisotopic (exact) mass is 234 g/mol. The molecule has 0 aliphatic heterocycles. The third-order valence-electron chi connectivity index (χ3n) is 3.22. The Kier molecular flexibility index (Phi) is 6.87. The Balaban J connectivity index is 2.23. The fourth-order valence-electron chi connectivity index (χ4n) is 2.07. The van der Waals surface area contributed by atoms with Crippen LogP contribution in [0.15, 0.2) is 24.4 Å². The second kappa shape index (κ2) is 8.24. The molecule has 0 saturated heterocycles. The summed E-state index contributed by atoms with van der Waals surface area (Å²) in [7, 11) is 2.07. The maximum Gasteiger partial charge on any atom is 0.0404 e. The zero-order chi connectivity index (χ0) is 12.5. The predicted molar refractivity (Wildman–Crippen MR) is 74.1 cm³/mol. The zero-order valence-corrected chi connectivity index (χ0v) is 11.4. The summed E-state index contributed by atoms with van der Waals surface area (Å²) < 4.78 is 0. The van der Waals surface area contributed by atoms with Crippen LogP contribution in [0.3, 0.4) is 0 Å². The van der Waals surface area contributed by atoms with Gasteiger partial charge in [0.05, 0.1) is 0 Å². The van der Waals surface area contributed by atoms with Crippen LogP contribution in [0.2, 0.25) is 0 Å². The minimum Gasteiger partial charge on any atom is -0.317 e. The molecule has 1 aromatic heterocycles. The van der Waals surface area contributed by atoms with Crippen LogP contribution in [0.1, 0.15) is 45.2 Å². The average Bonchev–Trinajstić information content (AvgIpc) is 2.34. The Morgan fingerprint density at radius 1 is 1.18 bits per heavy atom. The fraction of sp³-hybridized carbons (Fsp3) is 0.667. The average molecular weight is 234 g/mol. The standard InChI is InChI=1S/C15H26N2/c1-13(2)7-6-9-14(16-3)10-11-15-8-4-5-12-17-15/h4-5,8,12-14,16H,6-7,9-11H2,1-3H3. The van der Waals surface area contributed by atoms with E-state index in [9.17, 15) is 0 Å². The number of aromatic nitrogens is 1. The first-order valence-electron chi connectivity index (χ1n) is 6.79. The highest BCUT2D eigenvalue weighted by Gasteiger charge is 2.07. The highest BCUT2D eigenvalue weighted by atomic mass is 14.9. The maximum atomic E-state index is 4.37. The van der Waals surface area contributed by atoms with Crippen LogP contribution in [0, 0.1) is 5.92 Å². The number of hydrogen-bond acceptors (Lipinski definition) is 2. The normalized spacial score (nSPS) is 12.9. The molecule has 1 rings (SSSR count). The van der Waals surface area contributed by atoms with E-state index < -0.39 is 0 Å². The molecule has 0 spiro atoms. The third kappa shape index (κ3) is 6.42. The van der Waals surface area contributed by atoms with Crippen LogP contribution in [0.25, 0.3) is 0 Å². The van der Waals surface area contributed by atoms with E-state index in [1.54, 1.807) is 0 Å². The highest BCUT2D eigenvalue weighted by Crippen LogP contribution is 2.11. The van der Waals surface area contributed by atoms with Gasteiger partial charge in [0, 0.05) is 17.9 Å². The molecule has 2 nitrogen and oxygen atoms in total. The van der Waals surface area contributed by atoms with E-state index >= 15 is 0 Å². The summed E-state index contributed by atoms with van der Waals surface area (Å²) in [5.41, 5.74) is 1.21. The summed E-state index contributed by atoms with van der Waals surface area (Å²) in [5.74, 6) is 0.822. The van der Waals surface area contributed by atoms with Gasteiger partial charge in [-0.25, -0.2) is 0 Å². The first kappa shape index (κ1) is 14.2. The fourth-order valence-corrected chi connectivity index (χ4v) is 2.07. The summed E-state index contributed by atoms with van der Waals surface area (Å²) in [6.07, 6.45) is 8.08. The highest BCUT2D eigenvalue weighted by molar-refractivity contribution is 5.03. The molecule has 0 bridgehead atoms. The van der Waals surface area contributed by atoms with Crippen molar-refractivity contribution >= 4 is 0 Å². The summed E-state index contributed by atoms with van der Waals surface area (Å²) in [6, 6.07) is 6.79. The number of aryl methyl sites for hydroxylation is 1. The molecule has 1 aromatic rings. The Bertz CT molecular complexity index is 282. The Morgan fingerprint density at radius 2 is 2.00 bits per heavy atom. The minimum absolute atomic E-state index is 0.635. The quantitative estimate of drug-likeness (QED) is 0.745. The van der Waals surface area contributed by atoms with Gasteiger partial charge in [-0.05, 0) is 44.4 Å². The number of nitrogens with one attached hydrogen (secondary N) is 1. The summed E-state index contributed by atoms with van der Waals surface area (Å²) in [4.78, 5) is 4.37. The van der Waals surface area contributed by atoms with E-state index in [1.165, 1.54) is 31.4 Å². The first-order valence-corrected chi connectivity index (χ1v) is 6.79. The van der Waals surface area contributed by atoms with Gasteiger partial charge in [0.15, 0.2) is 0 Å². The smallest absolute Gasteiger partial charge is 0.0404 e. The van der Waals surface area contributed by atoms with E-state index in [2.05, 4.69) is 43.3 Å². The van der Waals surface area contributed by atoms with Gasteiger partial charge in [-0.2, -0.15) is 0 Å². The summed E-state index contributed by atoms with van der Waals surface area (Å²) in [5, 5.41) is 3.42. The molecule has 0 saturated carbocycles. The predicted octanol–water partition coefficient (Wildman–Crippen LogP) is 3.43. The molecule has 0 fully saturated rings. The summed E-state index contributed by atoms with van der Waals surface area (Å²) in [6.45, 7) is 4.59. The van der Waals surface area contributed by atoms with Crippen LogP contribution < -0.4 is 5.32 Å². The van der Waals surface area contributed by atoms with Crippen molar-refractivity contribution in [3.8, 4) is 0 Å². The molecule has 0 aromatic carbocycles. The SMILES string of the molecule is CNC(CCCC(C)C)CCc1ccccn1. The van der Waals surface area contributed by atoms with E-state index in [0.717, 1.165) is 12.3 Å². The number of nitrogens with zero attached hydrogens (tertiary/aromatic N) is 1. The molecular weight excluding hydrogens is 208 g/mol. The molecule has 0 radical (unpaired) electrons. The molecular formula is C15H26N2. The van der Waals surface area contributed by atoms with Gasteiger partial charge in [0.25, 0.3) is 0 Å². The number of pyridine rings is 1. The number of rotatable bonds is 8. The summed E-state index contributed by atoms with van der Waals surface area (Å²) >= 11 is 0. The molecule has 1 heterocycles. The lowest BCUT2D eigenvalue weighted by Crippen LogP contribution is -2.25. The van der Waals surface area contributed by atoms with Crippen molar-refractivity contribution in [2.75, 3.05) is 7.05 Å². The van der Waals surface area contributed by atoms with Gasteiger partial charge < -0.3 is 5.32 Å². The molecule has 0 amide bonds. The largest absolute Gasteiger partial charge is 0.317 e. The van der Waals surface area contributed by atoms with Gasteiger partial charge in [-0.15, -0.1) is 0 Å². The van der Waals surface area contributed by atoms with Gasteiger partial charge in [-0.1, -0.05) is 32.8 Å². The van der Waals surface area contributed by atoms with E-state index in [0.29, 0.717) is 6.04 Å². The molecule has 0 aliphatic rings. The minimum atomic E-state index is 0.635. The lowest BCUT2D eigenvalue weighted by molar-refractivity contribution is 0.439. The second-order valence-electron chi connectivity index (χ2n) is 5.17. The third-order valence-corrected chi connectivity index (χ3v) is 3.22. The maximum absolute atomic E-state index is 4.37. The van der Waals surface area contributed by atoms with E-state index in [4.69, 9.17) is 0 Å². The molecule has 1 atom stereocenters. The van der Waals surface area contributed by atoms with Crippen molar-refractivity contribution in [3.63, 3.8) is 0 Å². The Hall–Kier alpha value is -0.890. The van der Waals surface area contributed by atoms with Crippen LogP contribution in [0.4, 0.5) is 0 Å². The zero-order valence-electron chi connectivity index (χ0n) is 11.4. The molecule has 17 heavy (non-hydrogen) atoms. The molecule has 96 valence electrons. The lowest BCUT2D eigenvalue weighted by Gasteiger charge is -2.16. The first-order chi connectivity index (χ1) is 8.22. The van der Waals surface area contributed by atoms with E-state index in [-0.39, 0.29) is 0 Å². The van der Waals surface area contributed by atoms with Crippen molar-refractivity contribution in [2.24, 2.45) is 5.92 Å². The van der Waals surface area contributed by atoms with Crippen LogP contribution in [0.5, 0.6) is 0 Å². The molecule has 2 heteroatoms. The van der Waals surface area contributed by atoms with Crippen molar-refractivity contribution in [2.45, 2.75) is 52.0 Å². The number of hydrogen-bond donors (Lipinski definition) is 1. The Labute approximate surface area is 106 Å². The van der Waals surface area contributed by atoms with Crippen LogP contribution >= 0.6 is 0 Å². The van der Waals surface area contributed by atoms with Crippen molar-refractivity contribution in [1.82, 2.24) is 10.3 Å². The lowest BCUT2D eigenvalue weighted by atomic mass is 9.99. The van der Waals surface area contributed by atoms with Gasteiger partial charge >= 0.3 is 0 Å². The second-order valence-corrected chi connectivity index (χ2v) is 5.17. The molecule has 1 N–H and O–H groups in total. The van der Waals surface area contributed by atoms with Gasteiger partial charge in [0.1, 0.15) is 0 Å². The Morgan fingerprint density at radius 3 is 2.59 bits per heavy atom. The molecule has 0 aliphatic carbocycles. The van der Waals surface area contributed by atoms with Crippen LogP contribution in [-0.4, -0.2) is 18.1 Å². The topological polar surface area (TPSA) is 24.9 Å². The van der Waals surface area contributed by atoms with Crippen molar-refractivity contribution in [3.05, 3.63) is 30.1 Å². The van der Waals surface area contributed by atoms with Gasteiger partial charge in [0.2, 0.25) is 0 Å².